The van der Waals surface area contributed by atoms with Crippen LogP contribution < -0.4 is 0 Å². The van der Waals surface area contributed by atoms with E-state index >= 15 is 0 Å². The number of fused-ring (bicyclic) bond motifs is 12. The van der Waals surface area contributed by atoms with Crippen LogP contribution in [0.4, 0.5) is 0 Å². The van der Waals surface area contributed by atoms with Crippen molar-refractivity contribution in [1.29, 1.82) is 0 Å². The highest BCUT2D eigenvalue weighted by molar-refractivity contribution is 6.17. The van der Waals surface area contributed by atoms with Gasteiger partial charge in [-0.25, -0.2) is 0 Å². The van der Waals surface area contributed by atoms with Gasteiger partial charge in [0.15, 0.2) is 5.58 Å². The number of benzene rings is 12. The van der Waals surface area contributed by atoms with E-state index in [1.54, 1.807) is 0 Å². The fraction of sp³-hybridized carbons (Fsp3) is 0.0526. The van der Waals surface area contributed by atoms with Crippen molar-refractivity contribution < 1.29 is 8.83 Å². The smallest absolute Gasteiger partial charge is 0.159 e. The molecule has 6 aliphatic carbocycles. The van der Waals surface area contributed by atoms with Crippen LogP contribution in [0, 0.1) is 0 Å². The highest BCUT2D eigenvalue weighted by atomic mass is 16.3. The quantitative estimate of drug-likeness (QED) is 0.173. The van der Waals surface area contributed by atoms with Crippen LogP contribution in [-0.2, 0) is 0 Å². The number of furan rings is 2. The summed E-state index contributed by atoms with van der Waals surface area (Å²) >= 11 is 0. The van der Waals surface area contributed by atoms with Crippen LogP contribution in [0.5, 0.6) is 0 Å². The Labute approximate surface area is 459 Å². The molecule has 0 radical (unpaired) electrons. The molecule has 0 atom stereocenters. The average molecular weight is 1020 g/mol. The Bertz CT molecular complexity index is 5270. The Morgan fingerprint density at radius 1 is 0.225 bits per heavy atom. The summed E-state index contributed by atoms with van der Waals surface area (Å²) in [5.74, 6) is 0.969. The van der Waals surface area contributed by atoms with Crippen LogP contribution in [0.15, 0.2) is 264 Å². The first kappa shape index (κ1) is 42.9. The molecule has 0 N–H and O–H groups in total. The molecule has 372 valence electrons. The monoisotopic (exact) mass is 1020 g/mol. The molecule has 0 unspecified atom stereocenters. The highest BCUT2D eigenvalue weighted by Gasteiger charge is 2.44. The van der Waals surface area contributed by atoms with E-state index in [-0.39, 0.29) is 23.7 Å². The van der Waals surface area contributed by atoms with E-state index in [1.165, 1.54) is 110 Å². The standard InChI is InChI=1S/2C38H23NO/c1-3-13-25-23(11-1)34-24-12-2-4-14-26(24)35(25)37-29(34)20-21-31-36(37)28-15-5-7-17-30(28)39(31)32-18-9-16-27-22-10-6-8-19-33(22)40-38(27)32;1-3-12-24-22(10-1)34-23-11-2-4-13-25(23)35(24)38-28(34)20-21-31-37(38)26-14-5-7-16-29(26)39(31)30-17-9-19-33-36(30)27-15-6-8-18-32(27)40-33/h2*1-21,34-35H. The zero-order valence-electron chi connectivity index (χ0n) is 43.3. The molecule has 0 saturated carbocycles. The zero-order valence-corrected chi connectivity index (χ0v) is 43.3. The lowest BCUT2D eigenvalue weighted by molar-refractivity contribution is 0.666. The predicted octanol–water partition coefficient (Wildman–Crippen LogP) is 19.3. The summed E-state index contributed by atoms with van der Waals surface area (Å²) in [7, 11) is 0. The van der Waals surface area contributed by atoms with Crippen molar-refractivity contribution >= 4 is 87.5 Å². The Morgan fingerprint density at radius 3 is 1.12 bits per heavy atom. The molecule has 16 aromatic rings. The molecular weight excluding hydrogens is 973 g/mol. The summed E-state index contributed by atoms with van der Waals surface area (Å²) in [6.07, 6.45) is 0. The number of hydrogen-bond donors (Lipinski definition) is 0. The van der Waals surface area contributed by atoms with Gasteiger partial charge in [-0.05, 0) is 121 Å². The molecule has 80 heavy (non-hydrogen) atoms. The largest absolute Gasteiger partial charge is 0.456 e. The zero-order chi connectivity index (χ0) is 51.9. The number of rotatable bonds is 2. The van der Waals surface area contributed by atoms with Crippen LogP contribution in [0.3, 0.4) is 0 Å². The number of nitrogens with zero attached hydrogens (tertiary/aromatic N) is 2. The maximum Gasteiger partial charge on any atom is 0.159 e. The minimum atomic E-state index is 0.220. The molecule has 4 nitrogen and oxygen atoms in total. The first-order valence-electron chi connectivity index (χ1n) is 28.1. The van der Waals surface area contributed by atoms with Gasteiger partial charge < -0.3 is 18.0 Å². The van der Waals surface area contributed by atoms with E-state index in [9.17, 15) is 0 Å². The lowest BCUT2D eigenvalue weighted by Crippen LogP contribution is -2.27. The van der Waals surface area contributed by atoms with Gasteiger partial charge in [0.25, 0.3) is 0 Å². The molecule has 4 heterocycles. The maximum atomic E-state index is 6.54. The van der Waals surface area contributed by atoms with Gasteiger partial charge in [-0.3, -0.25) is 0 Å². The Balaban J connectivity index is 0.000000120. The lowest BCUT2D eigenvalue weighted by Gasteiger charge is -2.42. The Morgan fingerprint density at radius 2 is 0.600 bits per heavy atom. The van der Waals surface area contributed by atoms with E-state index in [0.29, 0.717) is 0 Å². The van der Waals surface area contributed by atoms with Crippen LogP contribution in [0.2, 0.25) is 0 Å². The molecule has 0 spiro atoms. The molecular formula is C76H46N2O2. The van der Waals surface area contributed by atoms with Gasteiger partial charge in [0.05, 0.1) is 38.8 Å². The third-order valence-electron chi connectivity index (χ3n) is 18.7. The van der Waals surface area contributed by atoms with Crippen molar-refractivity contribution in [3.63, 3.8) is 0 Å². The van der Waals surface area contributed by atoms with Crippen LogP contribution in [0.25, 0.3) is 98.9 Å². The van der Waals surface area contributed by atoms with E-state index in [4.69, 9.17) is 8.83 Å². The minimum absolute atomic E-state index is 0.220. The summed E-state index contributed by atoms with van der Waals surface area (Å²) in [4.78, 5) is 0. The minimum Gasteiger partial charge on any atom is -0.456 e. The van der Waals surface area contributed by atoms with E-state index in [1.807, 2.05) is 12.1 Å². The summed E-state index contributed by atoms with van der Waals surface area (Å²) in [6.45, 7) is 0. The second kappa shape index (κ2) is 15.7. The Hall–Kier alpha value is -10.2. The van der Waals surface area contributed by atoms with Crippen molar-refractivity contribution in [3.05, 3.63) is 322 Å². The fourth-order valence-electron chi connectivity index (χ4n) is 15.8. The molecule has 12 aromatic carbocycles. The first-order valence-corrected chi connectivity index (χ1v) is 28.1. The van der Waals surface area contributed by atoms with Crippen molar-refractivity contribution in [2.75, 3.05) is 0 Å². The van der Waals surface area contributed by atoms with Crippen molar-refractivity contribution in [2.45, 2.75) is 23.7 Å². The molecule has 0 fully saturated rings. The van der Waals surface area contributed by atoms with Crippen LogP contribution >= 0.6 is 0 Å². The highest BCUT2D eigenvalue weighted by Crippen LogP contribution is 2.60. The molecule has 0 saturated heterocycles. The molecule has 4 bridgehead atoms. The van der Waals surface area contributed by atoms with Gasteiger partial charge in [0.2, 0.25) is 0 Å². The predicted molar refractivity (Wildman–Crippen MR) is 326 cm³/mol. The van der Waals surface area contributed by atoms with Crippen molar-refractivity contribution in [1.82, 2.24) is 9.13 Å². The number of hydrogen-bond acceptors (Lipinski definition) is 2. The Kier molecular flexibility index (Phi) is 8.44. The van der Waals surface area contributed by atoms with Gasteiger partial charge in [0, 0.05) is 61.4 Å². The SMILES string of the molecule is c1ccc2c(c1)C1c3ccccc3C2c2c1ccc1c2c2ccccc2n1-c1cccc2c1oc1ccccc12.c1ccc2c(c1)C1c3ccccc3C2c2c1ccc1c2c2ccccc2n1-c1cccc2oc3ccccc3c12. The van der Waals surface area contributed by atoms with E-state index in [2.05, 4.69) is 252 Å². The van der Waals surface area contributed by atoms with Crippen LogP contribution in [-0.4, -0.2) is 9.13 Å². The van der Waals surface area contributed by atoms with Crippen LogP contribution in [0.1, 0.15) is 90.4 Å². The molecule has 4 heteroatoms. The van der Waals surface area contributed by atoms with Gasteiger partial charge in [-0.15, -0.1) is 0 Å². The molecule has 0 amide bonds. The van der Waals surface area contributed by atoms with Gasteiger partial charge in [-0.1, -0.05) is 200 Å². The lowest BCUT2D eigenvalue weighted by atomic mass is 9.60. The summed E-state index contributed by atoms with van der Waals surface area (Å²) in [5.41, 5.74) is 28.3. The second-order valence-corrected chi connectivity index (χ2v) is 22.4. The normalized spacial score (nSPS) is 17.0. The fourth-order valence-corrected chi connectivity index (χ4v) is 15.8. The maximum absolute atomic E-state index is 6.54. The summed E-state index contributed by atoms with van der Waals surface area (Å²) in [6, 6.07) is 93.4. The van der Waals surface area contributed by atoms with Gasteiger partial charge in [0.1, 0.15) is 16.7 Å². The van der Waals surface area contributed by atoms with E-state index < -0.39 is 0 Å². The molecule has 4 aromatic heterocycles. The molecule has 0 aliphatic heterocycles. The molecule has 22 rings (SSSR count). The number of aromatic nitrogens is 2. The third kappa shape index (κ3) is 5.45. The molecule has 6 aliphatic rings. The summed E-state index contributed by atoms with van der Waals surface area (Å²) in [5, 5.41) is 9.96. The third-order valence-corrected chi connectivity index (χ3v) is 18.7. The summed E-state index contributed by atoms with van der Waals surface area (Å²) < 4.78 is 17.7. The van der Waals surface area contributed by atoms with Crippen molar-refractivity contribution in [2.24, 2.45) is 0 Å². The van der Waals surface area contributed by atoms with Gasteiger partial charge >= 0.3 is 0 Å². The second-order valence-electron chi connectivity index (χ2n) is 22.4. The first-order chi connectivity index (χ1) is 39.8. The van der Waals surface area contributed by atoms with Crippen molar-refractivity contribution in [3.8, 4) is 11.4 Å². The topological polar surface area (TPSA) is 36.1 Å². The van der Waals surface area contributed by atoms with E-state index in [0.717, 1.165) is 55.3 Å². The van der Waals surface area contributed by atoms with Gasteiger partial charge in [-0.2, -0.15) is 0 Å². The number of para-hydroxylation sites is 5. The average Bonchev–Trinajstić information content (AvgIpc) is 4.35.